The van der Waals surface area contributed by atoms with Crippen LogP contribution in [0.3, 0.4) is 0 Å². The number of likely N-dealkylation sites (tertiary alicyclic amines) is 1. The highest BCUT2D eigenvalue weighted by Crippen LogP contribution is 2.18. The standard InChI is InChI=1S/C15H24N4OS/c1-2-17-5-7-18(8-6-17)14-3-4-19(10-14)15(20)9-13-11-21-12-16-13/h11-12,14H,2-10H2,1H3. The lowest BCUT2D eigenvalue weighted by Gasteiger charge is -2.37. The van der Waals surface area contributed by atoms with Crippen molar-refractivity contribution in [2.75, 3.05) is 45.8 Å². The highest BCUT2D eigenvalue weighted by atomic mass is 32.1. The summed E-state index contributed by atoms with van der Waals surface area (Å²) in [5, 5.41) is 1.97. The third kappa shape index (κ3) is 3.62. The van der Waals surface area contributed by atoms with Crippen molar-refractivity contribution in [3.05, 3.63) is 16.6 Å². The average molecular weight is 308 g/mol. The molecule has 1 aromatic heterocycles. The fourth-order valence-electron chi connectivity index (χ4n) is 3.30. The minimum Gasteiger partial charge on any atom is -0.341 e. The zero-order valence-electron chi connectivity index (χ0n) is 12.7. The van der Waals surface area contributed by atoms with Crippen LogP contribution >= 0.6 is 11.3 Å². The molecular weight excluding hydrogens is 284 g/mol. The van der Waals surface area contributed by atoms with Gasteiger partial charge in [-0.2, -0.15) is 0 Å². The number of carbonyl (C=O) groups excluding carboxylic acids is 1. The smallest absolute Gasteiger partial charge is 0.228 e. The van der Waals surface area contributed by atoms with Gasteiger partial charge in [0.15, 0.2) is 0 Å². The molecule has 0 spiro atoms. The van der Waals surface area contributed by atoms with E-state index in [-0.39, 0.29) is 5.91 Å². The molecule has 0 saturated carbocycles. The van der Waals surface area contributed by atoms with Crippen molar-refractivity contribution in [2.24, 2.45) is 0 Å². The first-order valence-corrected chi connectivity index (χ1v) is 8.81. The zero-order valence-corrected chi connectivity index (χ0v) is 13.5. The molecule has 3 heterocycles. The first kappa shape index (κ1) is 14.9. The van der Waals surface area contributed by atoms with Crippen LogP contribution in [0, 0.1) is 0 Å². The number of hydrogen-bond donors (Lipinski definition) is 0. The SMILES string of the molecule is CCN1CCN(C2CCN(C(=O)Cc3cscn3)C2)CC1. The van der Waals surface area contributed by atoms with Gasteiger partial charge in [0.25, 0.3) is 0 Å². The van der Waals surface area contributed by atoms with Crippen molar-refractivity contribution < 1.29 is 4.79 Å². The molecule has 0 N–H and O–H groups in total. The number of aromatic nitrogens is 1. The van der Waals surface area contributed by atoms with Crippen LogP contribution in [0.2, 0.25) is 0 Å². The van der Waals surface area contributed by atoms with Crippen LogP contribution in [-0.4, -0.2) is 77.4 Å². The number of hydrogen-bond acceptors (Lipinski definition) is 5. The van der Waals surface area contributed by atoms with Crippen LogP contribution in [0.25, 0.3) is 0 Å². The first-order chi connectivity index (χ1) is 10.3. The van der Waals surface area contributed by atoms with Crippen molar-refractivity contribution in [3.63, 3.8) is 0 Å². The first-order valence-electron chi connectivity index (χ1n) is 7.87. The average Bonchev–Trinajstić information content (AvgIpc) is 3.18. The van der Waals surface area contributed by atoms with Crippen molar-refractivity contribution >= 4 is 17.2 Å². The van der Waals surface area contributed by atoms with Crippen LogP contribution in [0.5, 0.6) is 0 Å². The van der Waals surface area contributed by atoms with Gasteiger partial charge in [-0.3, -0.25) is 9.69 Å². The lowest BCUT2D eigenvalue weighted by atomic mass is 10.2. The lowest BCUT2D eigenvalue weighted by molar-refractivity contribution is -0.129. The molecule has 116 valence electrons. The molecule has 21 heavy (non-hydrogen) atoms. The largest absolute Gasteiger partial charge is 0.341 e. The number of carbonyl (C=O) groups is 1. The Bertz CT molecular complexity index is 456. The van der Waals surface area contributed by atoms with Gasteiger partial charge in [-0.15, -0.1) is 11.3 Å². The zero-order chi connectivity index (χ0) is 14.7. The molecule has 1 atom stereocenters. The summed E-state index contributed by atoms with van der Waals surface area (Å²) in [6.07, 6.45) is 1.58. The molecule has 5 nitrogen and oxygen atoms in total. The van der Waals surface area contributed by atoms with E-state index in [0.29, 0.717) is 12.5 Å². The van der Waals surface area contributed by atoms with Crippen LogP contribution < -0.4 is 0 Å². The maximum Gasteiger partial charge on any atom is 0.228 e. The quantitative estimate of drug-likeness (QED) is 0.829. The van der Waals surface area contributed by atoms with Gasteiger partial charge in [0.05, 0.1) is 17.6 Å². The normalized spacial score (nSPS) is 24.6. The Morgan fingerprint density at radius 3 is 2.81 bits per heavy atom. The van der Waals surface area contributed by atoms with E-state index in [1.165, 1.54) is 13.1 Å². The summed E-state index contributed by atoms with van der Waals surface area (Å²) < 4.78 is 0. The number of rotatable bonds is 4. The van der Waals surface area contributed by atoms with Gasteiger partial charge < -0.3 is 9.80 Å². The summed E-state index contributed by atoms with van der Waals surface area (Å²) >= 11 is 1.55. The fraction of sp³-hybridized carbons (Fsp3) is 0.733. The second kappa shape index (κ2) is 6.85. The molecule has 3 rings (SSSR count). The Morgan fingerprint density at radius 2 is 2.14 bits per heavy atom. The molecule has 2 fully saturated rings. The fourth-order valence-corrected chi connectivity index (χ4v) is 3.86. The molecule has 0 radical (unpaired) electrons. The van der Waals surface area contributed by atoms with E-state index in [2.05, 4.69) is 21.7 Å². The molecule has 0 aliphatic carbocycles. The van der Waals surface area contributed by atoms with E-state index in [4.69, 9.17) is 0 Å². The molecule has 1 aromatic rings. The monoisotopic (exact) mass is 308 g/mol. The van der Waals surface area contributed by atoms with Crippen LogP contribution in [-0.2, 0) is 11.2 Å². The highest BCUT2D eigenvalue weighted by molar-refractivity contribution is 7.07. The summed E-state index contributed by atoms with van der Waals surface area (Å²) in [4.78, 5) is 23.6. The van der Waals surface area contributed by atoms with Gasteiger partial charge >= 0.3 is 0 Å². The van der Waals surface area contributed by atoms with E-state index in [0.717, 1.165) is 44.8 Å². The summed E-state index contributed by atoms with van der Waals surface area (Å²) in [5.74, 6) is 0.232. The number of amides is 1. The van der Waals surface area contributed by atoms with E-state index in [1.807, 2.05) is 10.3 Å². The molecule has 2 aliphatic rings. The maximum atomic E-state index is 12.3. The molecule has 1 amide bonds. The topological polar surface area (TPSA) is 39.7 Å². The Morgan fingerprint density at radius 1 is 1.33 bits per heavy atom. The number of nitrogens with zero attached hydrogens (tertiary/aromatic N) is 4. The predicted molar refractivity (Wildman–Crippen MR) is 84.5 cm³/mol. The van der Waals surface area contributed by atoms with Gasteiger partial charge in [0.1, 0.15) is 0 Å². The van der Waals surface area contributed by atoms with Crippen molar-refractivity contribution in [2.45, 2.75) is 25.8 Å². The summed E-state index contributed by atoms with van der Waals surface area (Å²) in [7, 11) is 0. The number of likely N-dealkylation sites (N-methyl/N-ethyl adjacent to an activating group) is 1. The molecule has 1 unspecified atom stereocenters. The molecular formula is C15H24N4OS. The van der Waals surface area contributed by atoms with Gasteiger partial charge in [0, 0.05) is 50.7 Å². The minimum atomic E-state index is 0.232. The minimum absolute atomic E-state index is 0.232. The van der Waals surface area contributed by atoms with Gasteiger partial charge in [-0.1, -0.05) is 6.92 Å². The number of thiazole rings is 1. The van der Waals surface area contributed by atoms with Crippen LogP contribution in [0.15, 0.2) is 10.9 Å². The number of piperazine rings is 1. The molecule has 6 heteroatoms. The van der Waals surface area contributed by atoms with Crippen molar-refractivity contribution in [1.82, 2.24) is 19.7 Å². The van der Waals surface area contributed by atoms with Crippen molar-refractivity contribution in [3.8, 4) is 0 Å². The molecule has 2 aliphatic heterocycles. The third-order valence-corrected chi connectivity index (χ3v) is 5.34. The van der Waals surface area contributed by atoms with Crippen LogP contribution in [0.1, 0.15) is 19.0 Å². The Kier molecular flexibility index (Phi) is 4.87. The van der Waals surface area contributed by atoms with Gasteiger partial charge in [-0.25, -0.2) is 4.98 Å². The molecule has 0 bridgehead atoms. The summed E-state index contributed by atoms with van der Waals surface area (Å²) in [6, 6.07) is 0.559. The Labute approximate surface area is 130 Å². The van der Waals surface area contributed by atoms with E-state index in [9.17, 15) is 4.79 Å². The summed E-state index contributed by atoms with van der Waals surface area (Å²) in [6.45, 7) is 9.80. The van der Waals surface area contributed by atoms with E-state index in [1.54, 1.807) is 16.8 Å². The Hall–Kier alpha value is -0.980. The van der Waals surface area contributed by atoms with Gasteiger partial charge in [-0.05, 0) is 13.0 Å². The highest BCUT2D eigenvalue weighted by Gasteiger charge is 2.31. The van der Waals surface area contributed by atoms with Crippen LogP contribution in [0.4, 0.5) is 0 Å². The molecule has 0 aromatic carbocycles. The van der Waals surface area contributed by atoms with E-state index >= 15 is 0 Å². The predicted octanol–water partition coefficient (Wildman–Crippen LogP) is 0.924. The summed E-state index contributed by atoms with van der Waals surface area (Å²) in [5.41, 5.74) is 2.70. The van der Waals surface area contributed by atoms with Crippen molar-refractivity contribution in [1.29, 1.82) is 0 Å². The maximum absolute atomic E-state index is 12.3. The Balaban J connectivity index is 1.48. The van der Waals surface area contributed by atoms with Gasteiger partial charge in [0.2, 0.25) is 5.91 Å². The second-order valence-corrected chi connectivity index (χ2v) is 6.63. The molecule has 2 saturated heterocycles. The van der Waals surface area contributed by atoms with E-state index < -0.39 is 0 Å². The third-order valence-electron chi connectivity index (χ3n) is 4.70. The second-order valence-electron chi connectivity index (χ2n) is 5.91. The lowest BCUT2D eigenvalue weighted by Crippen LogP contribution is -2.51.